The Bertz CT molecular complexity index is 968. The van der Waals surface area contributed by atoms with Crippen molar-refractivity contribution in [3.63, 3.8) is 0 Å². The van der Waals surface area contributed by atoms with Crippen molar-refractivity contribution in [2.45, 2.75) is 38.7 Å². The Balaban J connectivity index is 1.41. The summed E-state index contributed by atoms with van der Waals surface area (Å²) in [5, 5.41) is 17.5. The molecule has 1 fully saturated rings. The molecule has 3 aromatic rings. The highest BCUT2D eigenvalue weighted by Crippen LogP contribution is 2.27. The van der Waals surface area contributed by atoms with Gasteiger partial charge in [0.1, 0.15) is 18.1 Å². The van der Waals surface area contributed by atoms with Gasteiger partial charge in [-0.2, -0.15) is 0 Å². The van der Waals surface area contributed by atoms with E-state index in [0.717, 1.165) is 35.6 Å². The first kappa shape index (κ1) is 17.7. The molecule has 1 amide bonds. The number of rotatable bonds is 4. The van der Waals surface area contributed by atoms with Crippen LogP contribution >= 0.6 is 0 Å². The summed E-state index contributed by atoms with van der Waals surface area (Å²) in [6, 6.07) is 4.00. The zero-order valence-electron chi connectivity index (χ0n) is 15.7. The quantitative estimate of drug-likeness (QED) is 0.748. The molecule has 3 aromatic heterocycles. The zero-order valence-corrected chi connectivity index (χ0v) is 15.7. The van der Waals surface area contributed by atoms with Gasteiger partial charge in [-0.3, -0.25) is 4.79 Å². The smallest absolute Gasteiger partial charge is 0.228 e. The number of amides is 1. The van der Waals surface area contributed by atoms with E-state index in [4.69, 9.17) is 0 Å². The molecular weight excluding hydrogens is 344 g/mol. The van der Waals surface area contributed by atoms with Crippen LogP contribution in [-0.4, -0.2) is 53.2 Å². The third-order valence-electron chi connectivity index (χ3n) is 5.49. The highest BCUT2D eigenvalue weighted by molar-refractivity contribution is 5.78. The van der Waals surface area contributed by atoms with Crippen LogP contribution in [0.4, 0.5) is 0 Å². The predicted molar refractivity (Wildman–Crippen MR) is 99.1 cm³/mol. The molecule has 1 aliphatic rings. The number of aliphatic hydroxyl groups excluding tert-OH is 1. The monoisotopic (exact) mass is 368 g/mol. The lowest BCUT2D eigenvalue weighted by Gasteiger charge is -2.31. The van der Waals surface area contributed by atoms with Crippen LogP contribution in [0.3, 0.4) is 0 Å². The van der Waals surface area contributed by atoms with E-state index in [1.54, 1.807) is 6.20 Å². The first-order valence-corrected chi connectivity index (χ1v) is 9.27. The normalized spacial score (nSPS) is 15.6. The third kappa shape index (κ3) is 3.21. The van der Waals surface area contributed by atoms with Gasteiger partial charge in [0.15, 0.2) is 5.82 Å². The molecule has 0 spiro atoms. The summed E-state index contributed by atoms with van der Waals surface area (Å²) < 4.78 is 3.86. The van der Waals surface area contributed by atoms with Crippen molar-refractivity contribution in [2.75, 3.05) is 13.1 Å². The topological polar surface area (TPSA) is 88.5 Å². The number of aromatic nitrogens is 5. The maximum Gasteiger partial charge on any atom is 0.228 e. The number of carbonyl (C=O) groups is 1. The van der Waals surface area contributed by atoms with Crippen molar-refractivity contribution in [3.8, 4) is 0 Å². The Morgan fingerprint density at radius 1 is 1.30 bits per heavy atom. The fourth-order valence-corrected chi connectivity index (χ4v) is 3.86. The lowest BCUT2D eigenvalue weighted by atomic mass is 9.95. The maximum atomic E-state index is 12.8. The minimum Gasteiger partial charge on any atom is -0.388 e. The Kier molecular flexibility index (Phi) is 4.65. The molecule has 1 N–H and O–H groups in total. The Morgan fingerprint density at radius 3 is 2.78 bits per heavy atom. The van der Waals surface area contributed by atoms with E-state index in [-0.39, 0.29) is 18.4 Å². The molecule has 0 aliphatic carbocycles. The molecule has 0 unspecified atom stereocenters. The average Bonchev–Trinajstić information content (AvgIpc) is 3.26. The van der Waals surface area contributed by atoms with Crippen LogP contribution in [0.2, 0.25) is 0 Å². The van der Waals surface area contributed by atoms with Crippen LogP contribution in [0.25, 0.3) is 5.65 Å². The molecule has 1 aliphatic heterocycles. The summed E-state index contributed by atoms with van der Waals surface area (Å²) in [6.07, 6.45) is 5.82. The minimum atomic E-state index is -0.111. The van der Waals surface area contributed by atoms with Gasteiger partial charge >= 0.3 is 0 Å². The van der Waals surface area contributed by atoms with Gasteiger partial charge in [0, 0.05) is 38.4 Å². The van der Waals surface area contributed by atoms with E-state index in [2.05, 4.69) is 15.2 Å². The van der Waals surface area contributed by atoms with Crippen LogP contribution in [-0.2, 0) is 24.9 Å². The number of imidazole rings is 1. The highest BCUT2D eigenvalue weighted by atomic mass is 16.3. The fourth-order valence-electron chi connectivity index (χ4n) is 3.86. The maximum absolute atomic E-state index is 12.8. The number of carbonyl (C=O) groups excluding carboxylic acids is 1. The molecule has 0 saturated carbocycles. The number of hydrogen-bond donors (Lipinski definition) is 1. The van der Waals surface area contributed by atoms with Crippen molar-refractivity contribution in [2.24, 2.45) is 7.05 Å². The summed E-state index contributed by atoms with van der Waals surface area (Å²) >= 11 is 0. The second-order valence-corrected chi connectivity index (χ2v) is 7.16. The summed E-state index contributed by atoms with van der Waals surface area (Å²) in [6.45, 7) is 3.33. The molecule has 0 bridgehead atoms. The van der Waals surface area contributed by atoms with Crippen LogP contribution in [0.15, 0.2) is 24.5 Å². The number of aliphatic hydroxyl groups is 1. The predicted octanol–water partition coefficient (Wildman–Crippen LogP) is 1.21. The van der Waals surface area contributed by atoms with Crippen molar-refractivity contribution < 1.29 is 9.90 Å². The SMILES string of the molecule is Cc1cccn2c(CC(=O)N3CCC(c4nnc(CO)n4C)CC3)cnc12. The van der Waals surface area contributed by atoms with E-state index < -0.39 is 0 Å². The molecule has 142 valence electrons. The highest BCUT2D eigenvalue weighted by Gasteiger charge is 2.27. The Morgan fingerprint density at radius 2 is 2.07 bits per heavy atom. The van der Waals surface area contributed by atoms with Crippen LogP contribution in [0.1, 0.15) is 41.7 Å². The summed E-state index contributed by atoms with van der Waals surface area (Å²) in [5.74, 6) is 1.87. The molecule has 8 nitrogen and oxygen atoms in total. The number of fused-ring (bicyclic) bond motifs is 1. The summed E-state index contributed by atoms with van der Waals surface area (Å²) in [7, 11) is 1.88. The molecule has 0 radical (unpaired) electrons. The zero-order chi connectivity index (χ0) is 19.0. The van der Waals surface area contributed by atoms with E-state index in [1.807, 2.05) is 46.2 Å². The van der Waals surface area contributed by atoms with E-state index in [0.29, 0.717) is 25.3 Å². The van der Waals surface area contributed by atoms with E-state index in [1.165, 1.54) is 0 Å². The molecule has 4 heterocycles. The van der Waals surface area contributed by atoms with Gasteiger partial charge in [-0.05, 0) is 31.4 Å². The molecular formula is C19H24N6O2. The molecule has 0 aromatic carbocycles. The number of piperidine rings is 1. The van der Waals surface area contributed by atoms with Gasteiger partial charge in [-0.1, -0.05) is 6.07 Å². The molecule has 27 heavy (non-hydrogen) atoms. The van der Waals surface area contributed by atoms with E-state index in [9.17, 15) is 9.90 Å². The lowest BCUT2D eigenvalue weighted by Crippen LogP contribution is -2.39. The van der Waals surface area contributed by atoms with Crippen LogP contribution < -0.4 is 0 Å². The van der Waals surface area contributed by atoms with Gasteiger partial charge in [0.05, 0.1) is 12.1 Å². The minimum absolute atomic E-state index is 0.111. The van der Waals surface area contributed by atoms with Crippen molar-refractivity contribution in [1.29, 1.82) is 0 Å². The second-order valence-electron chi connectivity index (χ2n) is 7.16. The van der Waals surface area contributed by atoms with Crippen LogP contribution in [0, 0.1) is 6.92 Å². The molecule has 8 heteroatoms. The molecule has 1 saturated heterocycles. The third-order valence-corrected chi connectivity index (χ3v) is 5.49. The fraction of sp³-hybridized carbons (Fsp3) is 0.474. The van der Waals surface area contributed by atoms with E-state index >= 15 is 0 Å². The summed E-state index contributed by atoms with van der Waals surface area (Å²) in [4.78, 5) is 19.1. The second kappa shape index (κ2) is 7.11. The van der Waals surface area contributed by atoms with Gasteiger partial charge in [0.25, 0.3) is 0 Å². The molecule has 4 rings (SSSR count). The van der Waals surface area contributed by atoms with Crippen LogP contribution in [0.5, 0.6) is 0 Å². The van der Waals surface area contributed by atoms with Gasteiger partial charge in [-0.25, -0.2) is 4.98 Å². The average molecular weight is 368 g/mol. The van der Waals surface area contributed by atoms with Gasteiger partial charge < -0.3 is 19.0 Å². The Labute approximate surface area is 157 Å². The van der Waals surface area contributed by atoms with Crippen molar-refractivity contribution in [3.05, 3.63) is 47.4 Å². The Hall–Kier alpha value is -2.74. The largest absolute Gasteiger partial charge is 0.388 e. The van der Waals surface area contributed by atoms with Gasteiger partial charge in [-0.15, -0.1) is 10.2 Å². The number of pyridine rings is 1. The van der Waals surface area contributed by atoms with Crippen molar-refractivity contribution >= 4 is 11.6 Å². The number of hydrogen-bond acceptors (Lipinski definition) is 5. The lowest BCUT2D eigenvalue weighted by molar-refractivity contribution is -0.131. The van der Waals surface area contributed by atoms with Gasteiger partial charge in [0.2, 0.25) is 5.91 Å². The first-order valence-electron chi connectivity index (χ1n) is 9.27. The van der Waals surface area contributed by atoms with Crippen molar-refractivity contribution in [1.82, 2.24) is 29.0 Å². The first-order chi connectivity index (χ1) is 13.1. The standard InChI is InChI=1S/C19H24N6O2/c1-13-4-3-7-25-15(11-20-18(13)25)10-17(27)24-8-5-14(6-9-24)19-22-21-16(12-26)23(19)2/h3-4,7,11,14,26H,5-6,8-10,12H2,1-2H3. The summed E-state index contributed by atoms with van der Waals surface area (Å²) in [5.41, 5.74) is 2.92. The molecule has 0 atom stereocenters. The number of likely N-dealkylation sites (tertiary alicyclic amines) is 1. The number of nitrogens with zero attached hydrogens (tertiary/aromatic N) is 6. The number of aryl methyl sites for hydroxylation is 1.